The van der Waals surface area contributed by atoms with Crippen LogP contribution >= 0.6 is 11.6 Å². The van der Waals surface area contributed by atoms with Crippen molar-refractivity contribution in [3.8, 4) is 11.4 Å². The minimum atomic E-state index is -0.451. The molecule has 2 rings (SSSR count). The van der Waals surface area contributed by atoms with Gasteiger partial charge in [0.2, 0.25) is 0 Å². The molecule has 0 aliphatic carbocycles. The van der Waals surface area contributed by atoms with E-state index in [4.69, 9.17) is 11.6 Å². The number of halogens is 2. The van der Waals surface area contributed by atoms with E-state index in [-0.39, 0.29) is 10.6 Å². The summed E-state index contributed by atoms with van der Waals surface area (Å²) in [4.78, 5) is 0. The van der Waals surface area contributed by atoms with Crippen molar-refractivity contribution in [2.24, 2.45) is 0 Å². The molecule has 0 unspecified atom stereocenters. The molecule has 0 saturated carbocycles. The lowest BCUT2D eigenvalue weighted by molar-refractivity contribution is 0.399. The van der Waals surface area contributed by atoms with Crippen LogP contribution in [0, 0.1) is 5.82 Å². The van der Waals surface area contributed by atoms with Gasteiger partial charge >= 0.3 is 0 Å². The van der Waals surface area contributed by atoms with Gasteiger partial charge in [-0.3, -0.25) is 0 Å². The zero-order chi connectivity index (χ0) is 12.6. The molecule has 17 heavy (non-hydrogen) atoms. The molecule has 0 atom stereocenters. The fraction of sp³-hybridized carbons (Fsp3) is 0.333. The van der Waals surface area contributed by atoms with E-state index < -0.39 is 5.82 Å². The van der Waals surface area contributed by atoms with E-state index in [0.717, 1.165) is 0 Å². The van der Waals surface area contributed by atoms with Gasteiger partial charge in [-0.15, -0.1) is 10.2 Å². The Bertz CT molecular complexity index is 543. The van der Waals surface area contributed by atoms with E-state index in [0.29, 0.717) is 11.4 Å². The van der Waals surface area contributed by atoms with Crippen LogP contribution in [0.15, 0.2) is 24.5 Å². The summed E-state index contributed by atoms with van der Waals surface area (Å²) in [6.07, 6.45) is 1.64. The summed E-state index contributed by atoms with van der Waals surface area (Å²) in [5, 5.41) is 8.01. The summed E-state index contributed by atoms with van der Waals surface area (Å²) in [6.45, 7) is 6.10. The van der Waals surface area contributed by atoms with Crippen molar-refractivity contribution in [2.45, 2.75) is 26.3 Å². The average molecular weight is 254 g/mol. The third-order valence-electron chi connectivity index (χ3n) is 2.45. The van der Waals surface area contributed by atoms with Crippen LogP contribution in [0.3, 0.4) is 0 Å². The van der Waals surface area contributed by atoms with Gasteiger partial charge in [0.25, 0.3) is 0 Å². The Kier molecular flexibility index (Phi) is 2.91. The van der Waals surface area contributed by atoms with Crippen LogP contribution in [0.4, 0.5) is 4.39 Å². The molecule has 0 aliphatic heterocycles. The predicted molar refractivity (Wildman–Crippen MR) is 65.4 cm³/mol. The van der Waals surface area contributed by atoms with Gasteiger partial charge in [0.05, 0.1) is 5.02 Å². The molecule has 0 spiro atoms. The second-order valence-electron chi connectivity index (χ2n) is 4.82. The van der Waals surface area contributed by atoms with Crippen LogP contribution < -0.4 is 0 Å². The van der Waals surface area contributed by atoms with Gasteiger partial charge in [-0.05, 0) is 39.0 Å². The van der Waals surface area contributed by atoms with Gasteiger partial charge in [0.1, 0.15) is 12.1 Å². The molecule has 0 bridgehead atoms. The van der Waals surface area contributed by atoms with E-state index in [9.17, 15) is 4.39 Å². The Hall–Kier alpha value is -1.42. The third kappa shape index (κ3) is 2.31. The zero-order valence-electron chi connectivity index (χ0n) is 9.91. The van der Waals surface area contributed by atoms with Crippen molar-refractivity contribution >= 4 is 11.6 Å². The Morgan fingerprint density at radius 2 is 2.00 bits per heavy atom. The lowest BCUT2D eigenvalue weighted by atomic mass is 10.1. The van der Waals surface area contributed by atoms with Gasteiger partial charge < -0.3 is 4.57 Å². The molecule has 0 aliphatic rings. The molecular formula is C12H13ClFN3. The van der Waals surface area contributed by atoms with Gasteiger partial charge in [0.15, 0.2) is 5.82 Å². The summed E-state index contributed by atoms with van der Waals surface area (Å²) in [5.41, 5.74) is 0.508. The Morgan fingerprint density at radius 3 is 2.59 bits per heavy atom. The number of aromatic nitrogens is 3. The van der Waals surface area contributed by atoms with Crippen LogP contribution in [0.25, 0.3) is 11.4 Å². The molecule has 5 heteroatoms. The molecule has 90 valence electrons. The number of nitrogens with zero attached hydrogens (tertiary/aromatic N) is 3. The highest BCUT2D eigenvalue weighted by molar-refractivity contribution is 6.30. The average Bonchev–Trinajstić information content (AvgIpc) is 2.70. The van der Waals surface area contributed by atoms with Crippen LogP contribution in [-0.4, -0.2) is 14.8 Å². The Labute approximate surface area is 104 Å². The first-order valence-corrected chi connectivity index (χ1v) is 5.63. The zero-order valence-corrected chi connectivity index (χ0v) is 10.7. The van der Waals surface area contributed by atoms with E-state index in [1.54, 1.807) is 12.4 Å². The second kappa shape index (κ2) is 4.11. The third-order valence-corrected chi connectivity index (χ3v) is 2.75. The van der Waals surface area contributed by atoms with Crippen molar-refractivity contribution in [3.63, 3.8) is 0 Å². The summed E-state index contributed by atoms with van der Waals surface area (Å²) >= 11 is 5.65. The first kappa shape index (κ1) is 12.0. The van der Waals surface area contributed by atoms with Gasteiger partial charge in [-0.2, -0.15) is 0 Å². The maximum atomic E-state index is 13.4. The van der Waals surface area contributed by atoms with E-state index in [1.165, 1.54) is 12.1 Å². The van der Waals surface area contributed by atoms with Crippen molar-refractivity contribution in [2.75, 3.05) is 0 Å². The van der Waals surface area contributed by atoms with E-state index in [2.05, 4.69) is 10.2 Å². The first-order chi connectivity index (χ1) is 7.89. The van der Waals surface area contributed by atoms with E-state index >= 15 is 0 Å². The first-order valence-electron chi connectivity index (χ1n) is 5.25. The smallest absolute Gasteiger partial charge is 0.164 e. The second-order valence-corrected chi connectivity index (χ2v) is 5.23. The minimum absolute atomic E-state index is 0.107. The highest BCUT2D eigenvalue weighted by atomic mass is 35.5. The van der Waals surface area contributed by atoms with Crippen LogP contribution in [0.5, 0.6) is 0 Å². The molecule has 1 aromatic heterocycles. The summed E-state index contributed by atoms with van der Waals surface area (Å²) < 4.78 is 15.3. The Morgan fingerprint density at radius 1 is 1.29 bits per heavy atom. The van der Waals surface area contributed by atoms with Crippen LogP contribution in [0.2, 0.25) is 5.02 Å². The topological polar surface area (TPSA) is 30.7 Å². The molecule has 0 radical (unpaired) electrons. The predicted octanol–water partition coefficient (Wildman–Crippen LogP) is 3.49. The summed E-state index contributed by atoms with van der Waals surface area (Å²) in [7, 11) is 0. The maximum Gasteiger partial charge on any atom is 0.164 e. The number of hydrogen-bond donors (Lipinski definition) is 0. The summed E-state index contributed by atoms with van der Waals surface area (Å²) in [6, 6.07) is 4.63. The fourth-order valence-electron chi connectivity index (χ4n) is 1.56. The minimum Gasteiger partial charge on any atom is -0.308 e. The van der Waals surface area contributed by atoms with Crippen molar-refractivity contribution in [1.82, 2.24) is 14.8 Å². The molecule has 1 aromatic carbocycles. The van der Waals surface area contributed by atoms with Crippen molar-refractivity contribution < 1.29 is 4.39 Å². The number of hydrogen-bond acceptors (Lipinski definition) is 2. The molecule has 1 heterocycles. The largest absolute Gasteiger partial charge is 0.308 e. The lowest BCUT2D eigenvalue weighted by Gasteiger charge is -2.22. The van der Waals surface area contributed by atoms with Crippen molar-refractivity contribution in [3.05, 3.63) is 35.4 Å². The lowest BCUT2D eigenvalue weighted by Crippen LogP contribution is -2.21. The van der Waals surface area contributed by atoms with Gasteiger partial charge in [-0.1, -0.05) is 11.6 Å². The standard InChI is InChI=1S/C12H13ClFN3/c1-12(2,3)17-7-15-16-11(17)8-4-5-9(13)10(14)6-8/h4-7H,1-3H3. The van der Waals surface area contributed by atoms with E-state index in [1.807, 2.05) is 25.3 Å². The molecule has 0 N–H and O–H groups in total. The van der Waals surface area contributed by atoms with Gasteiger partial charge in [0, 0.05) is 11.1 Å². The van der Waals surface area contributed by atoms with Gasteiger partial charge in [-0.25, -0.2) is 4.39 Å². The summed E-state index contributed by atoms with van der Waals surface area (Å²) in [5.74, 6) is 0.181. The Balaban J connectivity index is 2.54. The highest BCUT2D eigenvalue weighted by Gasteiger charge is 2.19. The highest BCUT2D eigenvalue weighted by Crippen LogP contribution is 2.26. The molecule has 3 nitrogen and oxygen atoms in total. The van der Waals surface area contributed by atoms with Crippen molar-refractivity contribution in [1.29, 1.82) is 0 Å². The molecule has 0 saturated heterocycles. The quantitative estimate of drug-likeness (QED) is 0.779. The monoisotopic (exact) mass is 253 g/mol. The van der Waals surface area contributed by atoms with Crippen LogP contribution in [0.1, 0.15) is 20.8 Å². The molecule has 0 fully saturated rings. The SMILES string of the molecule is CC(C)(C)n1cnnc1-c1ccc(Cl)c(F)c1. The number of rotatable bonds is 1. The number of benzene rings is 1. The molecule has 2 aromatic rings. The van der Waals surface area contributed by atoms with Crippen LogP contribution in [-0.2, 0) is 5.54 Å². The maximum absolute atomic E-state index is 13.4. The molecular weight excluding hydrogens is 241 g/mol. The fourth-order valence-corrected chi connectivity index (χ4v) is 1.68. The normalized spacial score (nSPS) is 11.8. The molecule has 0 amide bonds.